The highest BCUT2D eigenvalue weighted by Gasteiger charge is 2.23. The number of hydrogen-bond donors (Lipinski definition) is 0. The average Bonchev–Trinajstić information content (AvgIpc) is 3.43. The Morgan fingerprint density at radius 3 is 2.26 bits per heavy atom. The van der Waals surface area contributed by atoms with Crippen molar-refractivity contribution in [3.05, 3.63) is 95.9 Å². The van der Waals surface area contributed by atoms with E-state index in [2.05, 4.69) is 10.00 Å². The molecule has 1 aliphatic rings. The molecule has 200 valence electrons. The Labute approximate surface area is 226 Å². The van der Waals surface area contributed by atoms with E-state index in [1.165, 1.54) is 12.1 Å². The van der Waals surface area contributed by atoms with Crippen LogP contribution in [0.25, 0.3) is 16.9 Å². The van der Waals surface area contributed by atoms with E-state index >= 15 is 0 Å². The summed E-state index contributed by atoms with van der Waals surface area (Å²) in [7, 11) is 1.60. The van der Waals surface area contributed by atoms with Crippen LogP contribution < -0.4 is 9.64 Å². The Morgan fingerprint density at radius 1 is 0.897 bits per heavy atom. The number of methoxy groups -OCH3 is 1. The fourth-order valence-corrected chi connectivity index (χ4v) is 4.62. The van der Waals surface area contributed by atoms with Gasteiger partial charge in [-0.1, -0.05) is 18.2 Å². The molecule has 0 atom stereocenters. The molecule has 0 radical (unpaired) electrons. The molecule has 1 amide bonds. The van der Waals surface area contributed by atoms with E-state index in [1.54, 1.807) is 61.2 Å². The van der Waals surface area contributed by atoms with Crippen molar-refractivity contribution in [2.24, 2.45) is 0 Å². The van der Waals surface area contributed by atoms with Gasteiger partial charge >= 0.3 is 5.97 Å². The van der Waals surface area contributed by atoms with Crippen LogP contribution in [-0.2, 0) is 4.74 Å². The third-order valence-corrected chi connectivity index (χ3v) is 6.68. The number of benzene rings is 3. The quantitative estimate of drug-likeness (QED) is 0.320. The number of piperazine rings is 1. The molecule has 1 aromatic heterocycles. The molecule has 1 fully saturated rings. The van der Waals surface area contributed by atoms with E-state index < -0.39 is 11.8 Å². The second-order valence-electron chi connectivity index (χ2n) is 9.08. The zero-order chi connectivity index (χ0) is 27.4. The number of rotatable bonds is 7. The molecule has 0 aliphatic carbocycles. The molecule has 1 saturated heterocycles. The summed E-state index contributed by atoms with van der Waals surface area (Å²) >= 11 is 0. The van der Waals surface area contributed by atoms with Gasteiger partial charge in [0, 0.05) is 43.0 Å². The summed E-state index contributed by atoms with van der Waals surface area (Å²) in [6.07, 6.45) is 0. The lowest BCUT2D eigenvalue weighted by Crippen LogP contribution is -2.48. The molecule has 0 spiro atoms. The lowest BCUT2D eigenvalue weighted by atomic mass is 10.1. The van der Waals surface area contributed by atoms with E-state index in [1.807, 2.05) is 29.2 Å². The second kappa shape index (κ2) is 11.4. The normalized spacial score (nSPS) is 13.3. The molecule has 1 aliphatic heterocycles. The van der Waals surface area contributed by atoms with Crippen molar-refractivity contribution in [3.63, 3.8) is 0 Å². The molecular weight excluding hydrogens is 499 g/mol. The molecule has 39 heavy (non-hydrogen) atoms. The number of esters is 1. The van der Waals surface area contributed by atoms with Crippen molar-refractivity contribution in [3.8, 4) is 22.7 Å². The number of amides is 1. The van der Waals surface area contributed by atoms with Gasteiger partial charge < -0.3 is 19.3 Å². The average molecular weight is 529 g/mol. The van der Waals surface area contributed by atoms with Crippen LogP contribution in [0.15, 0.2) is 78.9 Å². The van der Waals surface area contributed by atoms with Gasteiger partial charge in [0.25, 0.3) is 5.91 Å². The zero-order valence-electron chi connectivity index (χ0n) is 21.8. The Morgan fingerprint density at radius 2 is 1.62 bits per heavy atom. The first-order valence-electron chi connectivity index (χ1n) is 12.8. The van der Waals surface area contributed by atoms with Crippen molar-refractivity contribution >= 4 is 17.6 Å². The topological polar surface area (TPSA) is 76.9 Å². The third-order valence-electron chi connectivity index (χ3n) is 6.68. The van der Waals surface area contributed by atoms with Crippen LogP contribution >= 0.6 is 0 Å². The summed E-state index contributed by atoms with van der Waals surface area (Å²) in [5, 5.41) is 4.41. The molecule has 0 N–H and O–H groups in total. The number of hydrogen-bond acceptors (Lipinski definition) is 6. The van der Waals surface area contributed by atoms with Crippen LogP contribution in [0.5, 0.6) is 5.75 Å². The highest BCUT2D eigenvalue weighted by molar-refractivity contribution is 5.94. The summed E-state index contributed by atoms with van der Waals surface area (Å²) in [5.74, 6) is -0.203. The van der Waals surface area contributed by atoms with Crippen molar-refractivity contribution < 1.29 is 23.5 Å². The van der Waals surface area contributed by atoms with Crippen molar-refractivity contribution in [1.29, 1.82) is 0 Å². The van der Waals surface area contributed by atoms with Gasteiger partial charge in [-0.3, -0.25) is 4.79 Å². The van der Waals surface area contributed by atoms with Crippen LogP contribution in [0.2, 0.25) is 0 Å². The molecule has 5 rings (SSSR count). The first-order chi connectivity index (χ1) is 19.0. The fourth-order valence-electron chi connectivity index (χ4n) is 4.62. The zero-order valence-corrected chi connectivity index (χ0v) is 21.8. The summed E-state index contributed by atoms with van der Waals surface area (Å²) in [6, 6.07) is 22.8. The smallest absolute Gasteiger partial charge is 0.358 e. The maximum absolute atomic E-state index is 14.0. The van der Waals surface area contributed by atoms with E-state index in [9.17, 15) is 14.0 Å². The summed E-state index contributed by atoms with van der Waals surface area (Å²) in [4.78, 5) is 29.4. The fraction of sp³-hybridized carbons (Fsp3) is 0.233. The summed E-state index contributed by atoms with van der Waals surface area (Å²) in [5.41, 5.74) is 3.79. The van der Waals surface area contributed by atoms with E-state index in [-0.39, 0.29) is 18.2 Å². The summed E-state index contributed by atoms with van der Waals surface area (Å²) < 4.78 is 25.8. The van der Waals surface area contributed by atoms with Crippen LogP contribution in [0, 0.1) is 5.82 Å². The number of aromatic nitrogens is 2. The minimum Gasteiger partial charge on any atom is -0.497 e. The van der Waals surface area contributed by atoms with Gasteiger partial charge in [-0.25, -0.2) is 13.9 Å². The van der Waals surface area contributed by atoms with Gasteiger partial charge in [-0.2, -0.15) is 5.10 Å². The van der Waals surface area contributed by atoms with E-state index in [4.69, 9.17) is 9.47 Å². The van der Waals surface area contributed by atoms with Crippen molar-refractivity contribution in [2.45, 2.75) is 6.92 Å². The number of nitrogens with zero attached hydrogens (tertiary/aromatic N) is 4. The highest BCUT2D eigenvalue weighted by atomic mass is 19.1. The molecular formula is C30H29FN4O4. The number of carbonyl (C=O) groups is 2. The minimum absolute atomic E-state index is 0.00988. The predicted octanol–water partition coefficient (Wildman–Crippen LogP) is 4.83. The molecule has 0 saturated carbocycles. The SMILES string of the molecule is CCOC(=O)c1cc(-c2ccc(N3CCN(C(=O)c4ccc(OC)cc4)CC3)cc2)n(-c2cccc(F)c2)n1. The Kier molecular flexibility index (Phi) is 7.58. The van der Waals surface area contributed by atoms with Crippen LogP contribution in [0.4, 0.5) is 10.1 Å². The van der Waals surface area contributed by atoms with Crippen molar-refractivity contribution in [2.75, 3.05) is 44.8 Å². The maximum Gasteiger partial charge on any atom is 0.358 e. The first-order valence-corrected chi connectivity index (χ1v) is 12.8. The van der Waals surface area contributed by atoms with E-state index in [0.29, 0.717) is 43.1 Å². The monoisotopic (exact) mass is 528 g/mol. The molecule has 0 bridgehead atoms. The van der Waals surface area contributed by atoms with Crippen molar-refractivity contribution in [1.82, 2.24) is 14.7 Å². The first kappa shape index (κ1) is 26.0. The number of carbonyl (C=O) groups excluding carboxylic acids is 2. The van der Waals surface area contributed by atoms with Crippen LogP contribution in [0.3, 0.4) is 0 Å². The number of ether oxygens (including phenoxy) is 2. The lowest BCUT2D eigenvalue weighted by Gasteiger charge is -2.36. The van der Waals surface area contributed by atoms with Gasteiger partial charge in [-0.05, 0) is 67.6 Å². The Hall–Kier alpha value is -4.66. The van der Waals surface area contributed by atoms with Gasteiger partial charge in [0.2, 0.25) is 0 Å². The molecule has 9 heteroatoms. The number of halogens is 1. The lowest BCUT2D eigenvalue weighted by molar-refractivity contribution is 0.0518. The maximum atomic E-state index is 14.0. The Bertz CT molecular complexity index is 1460. The molecule has 8 nitrogen and oxygen atoms in total. The van der Waals surface area contributed by atoms with Gasteiger partial charge in [0.1, 0.15) is 11.6 Å². The van der Waals surface area contributed by atoms with E-state index in [0.717, 1.165) is 17.0 Å². The molecule has 3 aromatic carbocycles. The van der Waals surface area contributed by atoms with Gasteiger partial charge in [0.05, 0.1) is 25.1 Å². The molecule has 0 unspecified atom stereocenters. The van der Waals surface area contributed by atoms with Crippen LogP contribution in [-0.4, -0.2) is 66.5 Å². The standard InChI is InChI=1S/C30H29FN4O4/c1-3-39-30(37)27-20-28(35(32-27)25-6-4-5-23(31)19-25)21-7-11-24(12-8-21)33-15-17-34(18-16-33)29(36)22-9-13-26(38-2)14-10-22/h4-14,19-20H,3,15-18H2,1-2H3. The second-order valence-corrected chi connectivity index (χ2v) is 9.08. The summed E-state index contributed by atoms with van der Waals surface area (Å²) in [6.45, 7) is 4.60. The number of anilines is 1. The largest absolute Gasteiger partial charge is 0.497 e. The van der Waals surface area contributed by atoms with Crippen LogP contribution in [0.1, 0.15) is 27.8 Å². The minimum atomic E-state index is -0.535. The van der Waals surface area contributed by atoms with Gasteiger partial charge in [0.15, 0.2) is 5.69 Å². The predicted molar refractivity (Wildman–Crippen MR) is 146 cm³/mol. The molecule has 2 heterocycles. The van der Waals surface area contributed by atoms with Gasteiger partial charge in [-0.15, -0.1) is 0 Å². The third kappa shape index (κ3) is 5.62. The molecule has 4 aromatic rings. The highest BCUT2D eigenvalue weighted by Crippen LogP contribution is 2.28. The Balaban J connectivity index is 1.32.